The van der Waals surface area contributed by atoms with Gasteiger partial charge in [-0.15, -0.1) is 0 Å². The molecule has 1 amide bonds. The molecule has 0 spiro atoms. The largest absolute Gasteiger partial charge is 0.503 e. The van der Waals surface area contributed by atoms with Crippen LogP contribution >= 0.6 is 0 Å². The van der Waals surface area contributed by atoms with Crippen LogP contribution in [0.25, 0.3) is 0 Å². The first-order valence-corrected chi connectivity index (χ1v) is 7.98. The maximum atomic E-state index is 12.5. The highest BCUT2D eigenvalue weighted by Crippen LogP contribution is 2.44. The predicted molar refractivity (Wildman–Crippen MR) is 90.8 cm³/mol. The molecule has 0 saturated heterocycles. The Bertz CT molecular complexity index is 697. The van der Waals surface area contributed by atoms with Crippen molar-refractivity contribution in [3.63, 3.8) is 0 Å². The molecule has 136 valence electrons. The van der Waals surface area contributed by atoms with E-state index in [-0.39, 0.29) is 30.9 Å². The fourth-order valence-corrected chi connectivity index (χ4v) is 3.00. The number of Topliss-reactive ketones (excluding diaryl/α,β-unsaturated/α-hetero) is 1. The van der Waals surface area contributed by atoms with Gasteiger partial charge in [-0.1, -0.05) is 19.1 Å². The number of nitrogens with zero attached hydrogens (tertiary/aromatic N) is 1. The minimum Gasteiger partial charge on any atom is -0.503 e. The van der Waals surface area contributed by atoms with Crippen LogP contribution in [0.2, 0.25) is 0 Å². The molecule has 7 nitrogen and oxygen atoms in total. The van der Waals surface area contributed by atoms with Gasteiger partial charge in [-0.25, -0.2) is 0 Å². The van der Waals surface area contributed by atoms with Crippen molar-refractivity contribution in [2.24, 2.45) is 0 Å². The molecule has 0 radical (unpaired) electrons. The van der Waals surface area contributed by atoms with E-state index in [2.05, 4.69) is 0 Å². The molecular formula is C18H23NO6. The summed E-state index contributed by atoms with van der Waals surface area (Å²) in [5.41, 5.74) is 0.655. The smallest absolute Gasteiger partial charge is 0.290 e. The standard InChI is InChI=1S/C18H23NO6/c1-5-12(20)14-15(19(9-10-23-2)18(22)16(14)21)11-7-6-8-13(24-3)17(11)25-4/h6-8,15,21H,5,9-10H2,1-4H3. The van der Waals surface area contributed by atoms with E-state index in [1.165, 1.54) is 26.2 Å². The number of methoxy groups -OCH3 is 3. The molecule has 0 aliphatic carbocycles. The second kappa shape index (κ2) is 8.02. The summed E-state index contributed by atoms with van der Waals surface area (Å²) in [5.74, 6) is -0.502. The fourth-order valence-electron chi connectivity index (χ4n) is 3.00. The number of aliphatic hydroxyl groups excluding tert-OH is 1. The minimum atomic E-state index is -0.750. The van der Waals surface area contributed by atoms with E-state index < -0.39 is 17.7 Å². The quantitative estimate of drug-likeness (QED) is 0.773. The molecule has 7 heteroatoms. The van der Waals surface area contributed by atoms with Crippen LogP contribution in [0, 0.1) is 0 Å². The van der Waals surface area contributed by atoms with Gasteiger partial charge in [-0.3, -0.25) is 9.59 Å². The molecule has 0 saturated carbocycles. The minimum absolute atomic E-state index is 0.0788. The van der Waals surface area contributed by atoms with E-state index in [1.807, 2.05) is 0 Å². The number of ether oxygens (including phenoxy) is 3. The average Bonchev–Trinajstić information content (AvgIpc) is 2.89. The third kappa shape index (κ3) is 3.32. The zero-order valence-electron chi connectivity index (χ0n) is 14.9. The molecule has 1 heterocycles. The molecule has 1 aliphatic heterocycles. The molecule has 0 aromatic heterocycles. The Morgan fingerprint density at radius 2 is 1.96 bits per heavy atom. The van der Waals surface area contributed by atoms with E-state index >= 15 is 0 Å². The fraction of sp³-hybridized carbons (Fsp3) is 0.444. The van der Waals surface area contributed by atoms with Gasteiger partial charge in [0.1, 0.15) is 0 Å². The van der Waals surface area contributed by atoms with Crippen molar-refractivity contribution >= 4 is 11.7 Å². The number of ketones is 1. The summed E-state index contributed by atoms with van der Waals surface area (Å²) in [6.45, 7) is 2.19. The second-order valence-corrected chi connectivity index (χ2v) is 5.52. The van der Waals surface area contributed by atoms with E-state index in [4.69, 9.17) is 14.2 Å². The van der Waals surface area contributed by atoms with E-state index in [1.54, 1.807) is 25.1 Å². The lowest BCUT2D eigenvalue weighted by Gasteiger charge is -2.28. The summed E-state index contributed by atoms with van der Waals surface area (Å²) in [4.78, 5) is 26.4. The van der Waals surface area contributed by atoms with Gasteiger partial charge in [0.15, 0.2) is 23.0 Å². The van der Waals surface area contributed by atoms with Crippen LogP contribution in [0.1, 0.15) is 24.9 Å². The van der Waals surface area contributed by atoms with Gasteiger partial charge in [-0.2, -0.15) is 0 Å². The van der Waals surface area contributed by atoms with Gasteiger partial charge in [0.2, 0.25) is 0 Å². The van der Waals surface area contributed by atoms with Crippen LogP contribution in [0.5, 0.6) is 11.5 Å². The lowest BCUT2D eigenvalue weighted by Crippen LogP contribution is -2.34. The van der Waals surface area contributed by atoms with E-state index in [0.717, 1.165) is 0 Å². The second-order valence-electron chi connectivity index (χ2n) is 5.52. The lowest BCUT2D eigenvalue weighted by molar-refractivity contribution is -0.130. The lowest BCUT2D eigenvalue weighted by atomic mass is 9.94. The summed E-state index contributed by atoms with van der Waals surface area (Å²) >= 11 is 0. The van der Waals surface area contributed by atoms with Gasteiger partial charge < -0.3 is 24.2 Å². The van der Waals surface area contributed by atoms with Crippen LogP contribution in [-0.4, -0.2) is 56.2 Å². The number of rotatable bonds is 8. The average molecular weight is 349 g/mol. The van der Waals surface area contributed by atoms with Gasteiger partial charge in [-0.05, 0) is 6.07 Å². The van der Waals surface area contributed by atoms with Gasteiger partial charge in [0.25, 0.3) is 5.91 Å². The molecule has 1 aromatic rings. The number of carbonyl (C=O) groups is 2. The molecule has 25 heavy (non-hydrogen) atoms. The van der Waals surface area contributed by atoms with Crippen molar-refractivity contribution in [1.82, 2.24) is 4.90 Å². The first kappa shape index (κ1) is 18.8. The van der Waals surface area contributed by atoms with Crippen molar-refractivity contribution in [1.29, 1.82) is 0 Å². The Kier molecular flexibility index (Phi) is 6.03. The Morgan fingerprint density at radius 3 is 2.52 bits per heavy atom. The summed E-state index contributed by atoms with van der Waals surface area (Å²) < 4.78 is 15.8. The van der Waals surface area contributed by atoms with Crippen molar-refractivity contribution in [2.75, 3.05) is 34.5 Å². The van der Waals surface area contributed by atoms with Crippen LogP contribution < -0.4 is 9.47 Å². The molecule has 1 aromatic carbocycles. The van der Waals surface area contributed by atoms with Crippen molar-refractivity contribution in [2.45, 2.75) is 19.4 Å². The number of aliphatic hydroxyl groups is 1. The monoisotopic (exact) mass is 349 g/mol. The first-order valence-electron chi connectivity index (χ1n) is 7.98. The summed E-state index contributed by atoms with van der Waals surface area (Å²) in [6.07, 6.45) is 0.174. The maximum absolute atomic E-state index is 12.5. The van der Waals surface area contributed by atoms with Crippen LogP contribution in [0.4, 0.5) is 0 Å². The number of carbonyl (C=O) groups excluding carboxylic acids is 2. The molecule has 0 fully saturated rings. The maximum Gasteiger partial charge on any atom is 0.290 e. The highest BCUT2D eigenvalue weighted by molar-refractivity contribution is 6.09. The number of para-hydroxylation sites is 1. The van der Waals surface area contributed by atoms with Crippen molar-refractivity contribution in [3.8, 4) is 11.5 Å². The topological polar surface area (TPSA) is 85.3 Å². The number of hydrogen-bond donors (Lipinski definition) is 1. The van der Waals surface area contributed by atoms with Crippen LogP contribution in [-0.2, 0) is 14.3 Å². The Morgan fingerprint density at radius 1 is 1.24 bits per heavy atom. The van der Waals surface area contributed by atoms with E-state index in [0.29, 0.717) is 17.1 Å². The zero-order valence-corrected chi connectivity index (χ0v) is 14.9. The highest BCUT2D eigenvalue weighted by Gasteiger charge is 2.44. The highest BCUT2D eigenvalue weighted by atomic mass is 16.5. The zero-order chi connectivity index (χ0) is 18.6. The predicted octanol–water partition coefficient (Wildman–Crippen LogP) is 2.02. The van der Waals surface area contributed by atoms with Gasteiger partial charge in [0.05, 0.1) is 32.4 Å². The molecule has 1 N–H and O–H groups in total. The van der Waals surface area contributed by atoms with E-state index in [9.17, 15) is 14.7 Å². The molecule has 0 bridgehead atoms. The Hall–Kier alpha value is -2.54. The number of hydrogen-bond acceptors (Lipinski definition) is 6. The molecule has 1 atom stereocenters. The normalized spacial score (nSPS) is 17.2. The van der Waals surface area contributed by atoms with Crippen LogP contribution in [0.15, 0.2) is 29.5 Å². The van der Waals surface area contributed by atoms with Gasteiger partial charge in [0, 0.05) is 25.6 Å². The molecule has 1 unspecified atom stereocenters. The summed E-state index contributed by atoms with van der Waals surface area (Å²) in [5, 5.41) is 10.3. The number of benzene rings is 1. The van der Waals surface area contributed by atoms with Crippen LogP contribution in [0.3, 0.4) is 0 Å². The Balaban J connectivity index is 2.63. The first-order chi connectivity index (χ1) is 12.0. The van der Waals surface area contributed by atoms with Crippen molar-refractivity contribution in [3.05, 3.63) is 35.1 Å². The molecular weight excluding hydrogens is 326 g/mol. The third-order valence-corrected chi connectivity index (χ3v) is 4.19. The van der Waals surface area contributed by atoms with Gasteiger partial charge >= 0.3 is 0 Å². The molecule has 2 rings (SSSR count). The Labute approximate surface area is 146 Å². The van der Waals surface area contributed by atoms with Crippen molar-refractivity contribution < 1.29 is 28.9 Å². The summed E-state index contributed by atoms with van der Waals surface area (Å²) in [7, 11) is 4.52. The molecule has 1 aliphatic rings. The SMILES string of the molecule is CCC(=O)C1=C(O)C(=O)N(CCOC)C1c1cccc(OC)c1OC. The third-order valence-electron chi connectivity index (χ3n) is 4.19. The number of amides is 1. The summed E-state index contributed by atoms with van der Waals surface area (Å²) in [6, 6.07) is 4.48.